The molecule has 10 heteroatoms. The van der Waals surface area contributed by atoms with Gasteiger partial charge < -0.3 is 9.47 Å². The van der Waals surface area contributed by atoms with Gasteiger partial charge in [0, 0.05) is 47.0 Å². The largest absolute Gasteiger partial charge is 0.493 e. The van der Waals surface area contributed by atoms with Crippen molar-refractivity contribution in [1.29, 1.82) is 0 Å². The number of nitrogens with zero attached hydrogens (tertiary/aromatic N) is 4. The molecule has 0 aliphatic carbocycles. The van der Waals surface area contributed by atoms with Gasteiger partial charge in [0.2, 0.25) is 0 Å². The van der Waals surface area contributed by atoms with E-state index < -0.39 is 0 Å². The van der Waals surface area contributed by atoms with Crippen LogP contribution in [0.4, 0.5) is 0 Å². The highest BCUT2D eigenvalue weighted by molar-refractivity contribution is 8.93. The molecule has 4 aromatic heterocycles. The van der Waals surface area contributed by atoms with Gasteiger partial charge in [0.1, 0.15) is 11.5 Å². The van der Waals surface area contributed by atoms with Crippen molar-refractivity contribution in [2.75, 3.05) is 13.2 Å². The quantitative estimate of drug-likeness (QED) is 0.110. The number of rotatable bonds is 13. The lowest BCUT2D eigenvalue weighted by Crippen LogP contribution is -2.02. The van der Waals surface area contributed by atoms with Gasteiger partial charge in [-0.25, -0.2) is 9.97 Å². The van der Waals surface area contributed by atoms with Crippen molar-refractivity contribution in [3.8, 4) is 22.8 Å². The maximum Gasteiger partial charge on any atom is 0.159 e. The second-order valence-corrected chi connectivity index (χ2v) is 9.19. The summed E-state index contributed by atoms with van der Waals surface area (Å²) in [6.45, 7) is 1.26. The van der Waals surface area contributed by atoms with Crippen molar-refractivity contribution < 1.29 is 9.47 Å². The number of halogens is 4. The fourth-order valence-corrected chi connectivity index (χ4v) is 4.29. The number of unbranched alkanes of at least 4 members (excludes halogenated alkanes) is 2. The smallest absolute Gasteiger partial charge is 0.159 e. The summed E-state index contributed by atoms with van der Waals surface area (Å²) in [6, 6.07) is 26.1. The molecule has 0 bridgehead atoms. The molecule has 5 aromatic rings. The van der Waals surface area contributed by atoms with Gasteiger partial charge in [-0.2, -0.15) is 0 Å². The lowest BCUT2D eigenvalue weighted by molar-refractivity contribution is 0.292. The van der Waals surface area contributed by atoms with E-state index in [1.165, 1.54) is 0 Å². The number of hydrogen-bond acceptors (Lipinski definition) is 6. The molecule has 0 N–H and O–H groups in total. The molecule has 0 saturated heterocycles. The Kier molecular flexibility index (Phi) is 18.4. The second kappa shape index (κ2) is 20.5. The fourth-order valence-electron chi connectivity index (χ4n) is 4.29. The van der Waals surface area contributed by atoms with Crippen LogP contribution in [0, 0.1) is 0 Å². The van der Waals surface area contributed by atoms with Crippen LogP contribution in [0.15, 0.2) is 97.5 Å². The van der Waals surface area contributed by atoms with Crippen LogP contribution in [0.3, 0.4) is 0 Å². The van der Waals surface area contributed by atoms with E-state index in [9.17, 15) is 0 Å². The topological polar surface area (TPSA) is 70.0 Å². The predicted octanol–water partition coefficient (Wildman–Crippen LogP) is 9.20. The predicted molar refractivity (Wildman–Crippen MR) is 192 cm³/mol. The van der Waals surface area contributed by atoms with Crippen molar-refractivity contribution in [1.82, 2.24) is 19.9 Å². The van der Waals surface area contributed by atoms with Gasteiger partial charge in [-0.05, 0) is 99.2 Å². The summed E-state index contributed by atoms with van der Waals surface area (Å²) in [5.41, 5.74) is 4.75. The van der Waals surface area contributed by atoms with E-state index in [-0.39, 0.29) is 67.9 Å². The summed E-state index contributed by atoms with van der Waals surface area (Å²) in [4.78, 5) is 18.0. The molecule has 6 nitrogen and oxygen atoms in total. The van der Waals surface area contributed by atoms with E-state index in [1.807, 2.05) is 79.1 Å². The number of aromatic nitrogens is 4. The minimum atomic E-state index is 0. The van der Waals surface area contributed by atoms with Crippen LogP contribution >= 0.6 is 67.9 Å². The third-order valence-corrected chi connectivity index (χ3v) is 6.28. The maximum absolute atomic E-state index is 6.17. The van der Waals surface area contributed by atoms with Crippen molar-refractivity contribution in [2.45, 2.75) is 38.5 Å². The third kappa shape index (κ3) is 11.7. The van der Waals surface area contributed by atoms with Crippen LogP contribution in [0.5, 0.6) is 11.5 Å². The van der Waals surface area contributed by atoms with Crippen LogP contribution in [0.1, 0.15) is 37.1 Å². The van der Waals surface area contributed by atoms with E-state index in [0.717, 1.165) is 83.7 Å². The number of benzene rings is 1. The average Bonchev–Trinajstić information content (AvgIpc) is 2.97. The van der Waals surface area contributed by atoms with E-state index in [0.29, 0.717) is 13.2 Å². The van der Waals surface area contributed by atoms with Gasteiger partial charge in [-0.3, -0.25) is 9.97 Å². The van der Waals surface area contributed by atoms with Gasteiger partial charge >= 0.3 is 0 Å². The van der Waals surface area contributed by atoms with Crippen molar-refractivity contribution in [3.63, 3.8) is 0 Å². The lowest BCUT2D eigenvalue weighted by atomic mass is 10.1. The minimum absolute atomic E-state index is 0. The van der Waals surface area contributed by atoms with E-state index in [1.54, 1.807) is 6.20 Å². The molecule has 0 amide bonds. The molecule has 0 aliphatic rings. The Bertz CT molecular complexity index is 1380. The highest BCUT2D eigenvalue weighted by Gasteiger charge is 2.09. The maximum atomic E-state index is 6.17. The number of ether oxygens (including phenoxy) is 2. The Hall–Kier alpha value is -2.40. The van der Waals surface area contributed by atoms with E-state index in [2.05, 4.69) is 27.1 Å². The second-order valence-electron chi connectivity index (χ2n) is 9.19. The van der Waals surface area contributed by atoms with Crippen LogP contribution in [-0.2, 0) is 12.8 Å². The molecule has 0 spiro atoms. The molecule has 42 heavy (non-hydrogen) atoms. The van der Waals surface area contributed by atoms with Crippen molar-refractivity contribution in [2.24, 2.45) is 0 Å². The van der Waals surface area contributed by atoms with Crippen molar-refractivity contribution in [3.05, 3.63) is 109 Å². The van der Waals surface area contributed by atoms with Crippen LogP contribution in [0.25, 0.3) is 22.3 Å². The molecule has 0 unspecified atom stereocenters. The standard InChI is InChI=1S/C32H32N4O2.4BrH/c1-5-17-33-27(11-1)13-3-7-20-37-29-22-26(31-16-15-25-10-9-19-35-32(25)36-31)23-30(24-29)38-21-8-4-14-28-12-2-6-18-34-28;;;;/h1-2,5-6,9-12,15-19,22-24H,3-4,7-8,13-14,20-21H2;4*1H. The molecule has 4 heterocycles. The molecule has 0 radical (unpaired) electrons. The number of aryl methyl sites for hydroxylation is 2. The molecule has 5 rings (SSSR count). The fraction of sp³-hybridized carbons (Fsp3) is 0.250. The SMILES string of the molecule is Br.Br.Br.Br.c1ccc(CCCCOc2cc(OCCCCc3ccccn3)cc(-c3ccc4cccnc4n3)c2)nc1. The van der Waals surface area contributed by atoms with Crippen LogP contribution < -0.4 is 9.47 Å². The Labute approximate surface area is 289 Å². The average molecular weight is 828 g/mol. The first-order chi connectivity index (χ1) is 18.8. The molecule has 0 saturated carbocycles. The van der Waals surface area contributed by atoms with E-state index in [4.69, 9.17) is 14.5 Å². The first kappa shape index (κ1) is 37.6. The van der Waals surface area contributed by atoms with E-state index >= 15 is 0 Å². The summed E-state index contributed by atoms with van der Waals surface area (Å²) in [7, 11) is 0. The minimum Gasteiger partial charge on any atom is -0.493 e. The first-order valence-corrected chi connectivity index (χ1v) is 13.3. The monoisotopic (exact) mass is 824 g/mol. The number of fused-ring (bicyclic) bond motifs is 1. The summed E-state index contributed by atoms with van der Waals surface area (Å²) in [5, 5.41) is 1.01. The first-order valence-electron chi connectivity index (χ1n) is 13.3. The van der Waals surface area contributed by atoms with Gasteiger partial charge in [0.05, 0.1) is 18.9 Å². The molecule has 0 aliphatic heterocycles. The molecule has 0 fully saturated rings. The van der Waals surface area contributed by atoms with Gasteiger partial charge in [0.15, 0.2) is 5.65 Å². The zero-order valence-corrected chi connectivity index (χ0v) is 30.0. The lowest BCUT2D eigenvalue weighted by Gasteiger charge is -2.13. The van der Waals surface area contributed by atoms with Gasteiger partial charge in [0.25, 0.3) is 0 Å². The summed E-state index contributed by atoms with van der Waals surface area (Å²) >= 11 is 0. The Morgan fingerprint density at radius 1 is 0.524 bits per heavy atom. The molecule has 224 valence electrons. The Balaban J connectivity index is 0.00000220. The summed E-state index contributed by atoms with van der Waals surface area (Å²) in [6.07, 6.45) is 11.3. The normalized spacial score (nSPS) is 9.90. The summed E-state index contributed by atoms with van der Waals surface area (Å²) < 4.78 is 12.3. The third-order valence-electron chi connectivity index (χ3n) is 6.28. The highest BCUT2D eigenvalue weighted by Crippen LogP contribution is 2.30. The molecule has 0 atom stereocenters. The van der Waals surface area contributed by atoms with Gasteiger partial charge in [-0.1, -0.05) is 12.1 Å². The van der Waals surface area contributed by atoms with Crippen molar-refractivity contribution >= 4 is 79.0 Å². The number of hydrogen-bond donors (Lipinski definition) is 0. The molecule has 1 aromatic carbocycles. The van der Waals surface area contributed by atoms with Crippen LogP contribution in [-0.4, -0.2) is 33.1 Å². The van der Waals surface area contributed by atoms with Crippen LogP contribution in [0.2, 0.25) is 0 Å². The summed E-state index contributed by atoms with van der Waals surface area (Å²) in [5.74, 6) is 1.57. The zero-order chi connectivity index (χ0) is 25.8. The van der Waals surface area contributed by atoms with Gasteiger partial charge in [-0.15, -0.1) is 67.9 Å². The molecular weight excluding hydrogens is 792 g/mol. The molecular formula is C32H36Br4N4O2. The highest BCUT2D eigenvalue weighted by atomic mass is 79.9. The Morgan fingerprint density at radius 3 is 1.64 bits per heavy atom. The number of pyridine rings is 4. The Morgan fingerprint density at radius 2 is 1.10 bits per heavy atom. The zero-order valence-electron chi connectivity index (χ0n) is 23.1.